The number of halogens is 1. The number of rotatable bonds is 8. The van der Waals surface area contributed by atoms with E-state index in [1.54, 1.807) is 18.4 Å². The molecule has 21 heavy (non-hydrogen) atoms. The number of ether oxygens (including phenoxy) is 1. The number of guanidine groups is 1. The van der Waals surface area contributed by atoms with Gasteiger partial charge in [0, 0.05) is 37.5 Å². The molecule has 0 saturated heterocycles. The molecule has 1 aliphatic carbocycles. The molecule has 0 aromatic carbocycles. The Kier molecular flexibility index (Phi) is 9.26. The summed E-state index contributed by atoms with van der Waals surface area (Å²) in [6.07, 6.45) is 2.69. The summed E-state index contributed by atoms with van der Waals surface area (Å²) in [4.78, 5) is 5.63. The van der Waals surface area contributed by atoms with Crippen LogP contribution in [0.5, 0.6) is 0 Å². The summed E-state index contributed by atoms with van der Waals surface area (Å²) in [7, 11) is 1.80. The number of hydrogen-bond acceptors (Lipinski definition) is 3. The zero-order valence-electron chi connectivity index (χ0n) is 12.8. The van der Waals surface area contributed by atoms with Crippen molar-refractivity contribution in [2.24, 2.45) is 10.9 Å². The summed E-state index contributed by atoms with van der Waals surface area (Å²) in [6.45, 7) is 5.59. The van der Waals surface area contributed by atoms with E-state index < -0.39 is 0 Å². The number of nitrogens with zero attached hydrogens (tertiary/aromatic N) is 1. The van der Waals surface area contributed by atoms with E-state index in [1.165, 1.54) is 17.7 Å². The Morgan fingerprint density at radius 3 is 2.90 bits per heavy atom. The summed E-state index contributed by atoms with van der Waals surface area (Å²) in [5.41, 5.74) is 0. The molecule has 1 aromatic rings. The molecule has 1 aromatic heterocycles. The molecule has 6 heteroatoms. The first-order valence-corrected chi connectivity index (χ1v) is 8.23. The molecule has 1 heterocycles. The highest BCUT2D eigenvalue weighted by molar-refractivity contribution is 14.0. The van der Waals surface area contributed by atoms with Crippen LogP contribution in [0.4, 0.5) is 0 Å². The first-order valence-electron chi connectivity index (χ1n) is 7.35. The Morgan fingerprint density at radius 1 is 1.48 bits per heavy atom. The fraction of sp³-hybridized carbons (Fsp3) is 0.667. The maximum atomic E-state index is 5.59. The Balaban J connectivity index is 0.00000220. The van der Waals surface area contributed by atoms with Gasteiger partial charge in [0.05, 0.1) is 6.61 Å². The predicted octanol–water partition coefficient (Wildman–Crippen LogP) is 3.06. The molecule has 1 fully saturated rings. The second-order valence-corrected chi connectivity index (χ2v) is 6.29. The van der Waals surface area contributed by atoms with Gasteiger partial charge in [-0.15, -0.1) is 35.3 Å². The monoisotopic (exact) mass is 423 g/mol. The van der Waals surface area contributed by atoms with Crippen molar-refractivity contribution in [3.05, 3.63) is 22.4 Å². The lowest BCUT2D eigenvalue weighted by atomic mass is 10.1. The van der Waals surface area contributed by atoms with Gasteiger partial charge in [-0.2, -0.15) is 0 Å². The third-order valence-corrected chi connectivity index (χ3v) is 4.52. The molecule has 0 spiro atoms. The molecule has 0 bridgehead atoms. The third kappa shape index (κ3) is 7.46. The van der Waals surface area contributed by atoms with E-state index in [0.29, 0.717) is 5.92 Å². The second-order valence-electron chi connectivity index (χ2n) is 5.31. The Morgan fingerprint density at radius 2 is 2.29 bits per heavy atom. The van der Waals surface area contributed by atoms with Crippen LogP contribution in [-0.4, -0.2) is 39.3 Å². The minimum Gasteiger partial charge on any atom is -0.379 e. The van der Waals surface area contributed by atoms with Gasteiger partial charge in [-0.1, -0.05) is 13.0 Å². The lowest BCUT2D eigenvalue weighted by Crippen LogP contribution is -2.40. The second kappa shape index (κ2) is 10.4. The van der Waals surface area contributed by atoms with Crippen molar-refractivity contribution in [1.29, 1.82) is 0 Å². The van der Waals surface area contributed by atoms with Gasteiger partial charge in [0.15, 0.2) is 5.96 Å². The van der Waals surface area contributed by atoms with Crippen molar-refractivity contribution in [3.63, 3.8) is 0 Å². The molecule has 1 unspecified atom stereocenters. The molecular formula is C15H26IN3OS. The Labute approximate surface area is 148 Å². The van der Waals surface area contributed by atoms with E-state index in [4.69, 9.17) is 4.74 Å². The SMILES string of the molecule is CN=C(NCCOCC1CC1)NCC(C)c1cccs1.I. The summed E-state index contributed by atoms with van der Waals surface area (Å²) in [5, 5.41) is 8.76. The van der Waals surface area contributed by atoms with Gasteiger partial charge < -0.3 is 15.4 Å². The zero-order chi connectivity index (χ0) is 14.2. The summed E-state index contributed by atoms with van der Waals surface area (Å²) in [6, 6.07) is 4.28. The van der Waals surface area contributed by atoms with Gasteiger partial charge in [0.25, 0.3) is 0 Å². The molecule has 0 aliphatic heterocycles. The van der Waals surface area contributed by atoms with Crippen LogP contribution in [0.2, 0.25) is 0 Å². The normalized spacial score (nSPS) is 16.2. The van der Waals surface area contributed by atoms with E-state index >= 15 is 0 Å². The van der Waals surface area contributed by atoms with Crippen molar-refractivity contribution >= 4 is 41.3 Å². The number of aliphatic imine (C=N–C) groups is 1. The molecule has 0 radical (unpaired) electrons. The fourth-order valence-electron chi connectivity index (χ4n) is 1.92. The maximum absolute atomic E-state index is 5.59. The lowest BCUT2D eigenvalue weighted by molar-refractivity contribution is 0.129. The van der Waals surface area contributed by atoms with E-state index in [2.05, 4.69) is 40.1 Å². The number of hydrogen-bond donors (Lipinski definition) is 2. The van der Waals surface area contributed by atoms with Crippen molar-refractivity contribution in [3.8, 4) is 0 Å². The van der Waals surface area contributed by atoms with Crippen LogP contribution in [0.25, 0.3) is 0 Å². The van der Waals surface area contributed by atoms with Gasteiger partial charge in [-0.3, -0.25) is 4.99 Å². The van der Waals surface area contributed by atoms with E-state index in [-0.39, 0.29) is 24.0 Å². The Hall–Kier alpha value is -0.340. The molecule has 1 aliphatic rings. The lowest BCUT2D eigenvalue weighted by Gasteiger charge is -2.15. The smallest absolute Gasteiger partial charge is 0.191 e. The van der Waals surface area contributed by atoms with Crippen molar-refractivity contribution in [1.82, 2.24) is 10.6 Å². The van der Waals surface area contributed by atoms with Gasteiger partial charge in [0.1, 0.15) is 0 Å². The topological polar surface area (TPSA) is 45.7 Å². The maximum Gasteiger partial charge on any atom is 0.191 e. The first-order chi connectivity index (χ1) is 9.79. The molecule has 4 nitrogen and oxygen atoms in total. The Bertz CT molecular complexity index is 407. The summed E-state index contributed by atoms with van der Waals surface area (Å²) >= 11 is 1.80. The highest BCUT2D eigenvalue weighted by Gasteiger charge is 2.20. The van der Waals surface area contributed by atoms with Crippen LogP contribution < -0.4 is 10.6 Å². The predicted molar refractivity (Wildman–Crippen MR) is 101 cm³/mol. The number of thiophene rings is 1. The van der Waals surface area contributed by atoms with Gasteiger partial charge in [-0.05, 0) is 30.2 Å². The van der Waals surface area contributed by atoms with Gasteiger partial charge >= 0.3 is 0 Å². The fourth-order valence-corrected chi connectivity index (χ4v) is 2.71. The molecule has 1 saturated carbocycles. The van der Waals surface area contributed by atoms with E-state index in [0.717, 1.165) is 38.2 Å². The first kappa shape index (κ1) is 18.7. The highest BCUT2D eigenvalue weighted by Crippen LogP contribution is 2.28. The van der Waals surface area contributed by atoms with Crippen LogP contribution in [0.1, 0.15) is 30.6 Å². The minimum atomic E-state index is 0. The minimum absolute atomic E-state index is 0. The van der Waals surface area contributed by atoms with Gasteiger partial charge in [0.2, 0.25) is 0 Å². The average Bonchev–Trinajstić information content (AvgIpc) is 3.12. The van der Waals surface area contributed by atoms with Crippen LogP contribution >= 0.6 is 35.3 Å². The largest absolute Gasteiger partial charge is 0.379 e. The van der Waals surface area contributed by atoms with Crippen LogP contribution in [-0.2, 0) is 4.74 Å². The zero-order valence-corrected chi connectivity index (χ0v) is 15.9. The van der Waals surface area contributed by atoms with Crippen LogP contribution in [0.3, 0.4) is 0 Å². The molecule has 120 valence electrons. The average molecular weight is 423 g/mol. The standard InChI is InChI=1S/C15H25N3OS.HI/c1-12(14-4-3-9-20-14)10-18-15(16-2)17-7-8-19-11-13-5-6-13;/h3-4,9,12-13H,5-8,10-11H2,1-2H3,(H2,16,17,18);1H. The molecule has 0 amide bonds. The summed E-state index contributed by atoms with van der Waals surface area (Å²) in [5.74, 6) is 2.18. The van der Waals surface area contributed by atoms with E-state index in [9.17, 15) is 0 Å². The van der Waals surface area contributed by atoms with Gasteiger partial charge in [-0.25, -0.2) is 0 Å². The van der Waals surface area contributed by atoms with Crippen molar-refractivity contribution in [2.45, 2.75) is 25.7 Å². The number of nitrogens with one attached hydrogen (secondary N) is 2. The molecule has 1 atom stereocenters. The third-order valence-electron chi connectivity index (χ3n) is 3.42. The van der Waals surface area contributed by atoms with Crippen LogP contribution in [0.15, 0.2) is 22.5 Å². The molecule has 2 rings (SSSR count). The van der Waals surface area contributed by atoms with Crippen molar-refractivity contribution in [2.75, 3.05) is 33.4 Å². The molecular weight excluding hydrogens is 397 g/mol. The quantitative estimate of drug-likeness (QED) is 0.293. The van der Waals surface area contributed by atoms with Crippen molar-refractivity contribution < 1.29 is 4.74 Å². The summed E-state index contributed by atoms with van der Waals surface area (Å²) < 4.78 is 5.59. The van der Waals surface area contributed by atoms with E-state index in [1.807, 2.05) is 0 Å². The highest BCUT2D eigenvalue weighted by atomic mass is 127. The molecule has 2 N–H and O–H groups in total. The van der Waals surface area contributed by atoms with Crippen LogP contribution in [0, 0.1) is 5.92 Å².